The molecule has 0 aromatic heterocycles. The molecule has 1 atom stereocenters. The molecule has 0 saturated carbocycles. The van der Waals surface area contributed by atoms with Crippen LogP contribution in [0.4, 0.5) is 16.2 Å². The van der Waals surface area contributed by atoms with Gasteiger partial charge >= 0.3 is 6.03 Å². The number of hydrogen-bond donors (Lipinski definition) is 2. The first-order valence-electron chi connectivity index (χ1n) is 9.14. The van der Waals surface area contributed by atoms with E-state index in [0.29, 0.717) is 23.7 Å². The molecule has 0 spiro atoms. The van der Waals surface area contributed by atoms with Gasteiger partial charge < -0.3 is 25.0 Å². The van der Waals surface area contributed by atoms with Crippen LogP contribution in [0.3, 0.4) is 0 Å². The third kappa shape index (κ3) is 4.86. The van der Waals surface area contributed by atoms with E-state index in [1.165, 1.54) is 0 Å². The zero-order chi connectivity index (χ0) is 19.9. The summed E-state index contributed by atoms with van der Waals surface area (Å²) >= 11 is 0. The summed E-state index contributed by atoms with van der Waals surface area (Å²) in [6.45, 7) is 2.34. The number of benzene rings is 2. The summed E-state index contributed by atoms with van der Waals surface area (Å²) in [7, 11) is 3.28. The van der Waals surface area contributed by atoms with Gasteiger partial charge in [-0.25, -0.2) is 4.79 Å². The summed E-state index contributed by atoms with van der Waals surface area (Å²) in [5.74, 6) is 1.87. The van der Waals surface area contributed by atoms with E-state index in [1.807, 2.05) is 18.2 Å². The van der Waals surface area contributed by atoms with Crippen molar-refractivity contribution < 1.29 is 14.3 Å². The second-order valence-corrected chi connectivity index (χ2v) is 6.70. The van der Waals surface area contributed by atoms with Gasteiger partial charge in [0.05, 0.1) is 25.9 Å². The summed E-state index contributed by atoms with van der Waals surface area (Å²) in [5.41, 5.74) is 2.17. The van der Waals surface area contributed by atoms with Crippen molar-refractivity contribution in [1.82, 2.24) is 5.32 Å². The first kappa shape index (κ1) is 19.4. The number of rotatable bonds is 6. The van der Waals surface area contributed by atoms with E-state index in [4.69, 9.17) is 14.7 Å². The minimum absolute atomic E-state index is 0.267. The van der Waals surface area contributed by atoms with Gasteiger partial charge in [-0.2, -0.15) is 5.26 Å². The lowest BCUT2D eigenvalue weighted by atomic mass is 10.1. The second-order valence-electron chi connectivity index (χ2n) is 6.70. The number of carbonyl (C=O) groups is 1. The average molecular weight is 380 g/mol. The van der Waals surface area contributed by atoms with Gasteiger partial charge in [-0.3, -0.25) is 0 Å². The summed E-state index contributed by atoms with van der Waals surface area (Å²) in [5, 5.41) is 14.6. The van der Waals surface area contributed by atoms with E-state index in [-0.39, 0.29) is 6.03 Å². The molecule has 2 aromatic rings. The molecule has 1 aliphatic rings. The summed E-state index contributed by atoms with van der Waals surface area (Å²) in [6.07, 6.45) is 0.990. The van der Waals surface area contributed by atoms with Crippen LogP contribution in [0, 0.1) is 17.2 Å². The Morgan fingerprint density at radius 3 is 2.64 bits per heavy atom. The van der Waals surface area contributed by atoms with Crippen molar-refractivity contribution >= 4 is 17.4 Å². The van der Waals surface area contributed by atoms with E-state index in [0.717, 1.165) is 36.7 Å². The standard InChI is InChI=1S/C21H24N4O3/c1-27-19-9-18(10-20(11-19)28-2)25-7-6-16(14-25)13-23-21(26)24-17-5-3-4-15(8-17)12-22/h3-5,8-11,16H,6-7,13-14H2,1-2H3,(H2,23,24,26). The van der Waals surface area contributed by atoms with Gasteiger partial charge in [-0.15, -0.1) is 0 Å². The van der Waals surface area contributed by atoms with Gasteiger partial charge in [0.25, 0.3) is 0 Å². The lowest BCUT2D eigenvalue weighted by molar-refractivity contribution is 0.250. The predicted octanol–water partition coefficient (Wildman–Crippen LogP) is 3.22. The molecule has 7 heteroatoms. The number of carbonyl (C=O) groups excluding carboxylic acids is 1. The number of anilines is 2. The first-order chi connectivity index (χ1) is 13.6. The molecule has 1 fully saturated rings. The Kier molecular flexibility index (Phi) is 6.22. The van der Waals surface area contributed by atoms with Crippen LogP contribution in [0.5, 0.6) is 11.5 Å². The number of methoxy groups -OCH3 is 2. The van der Waals surface area contributed by atoms with Gasteiger partial charge in [-0.05, 0) is 30.5 Å². The second kappa shape index (κ2) is 9.00. The predicted molar refractivity (Wildman–Crippen MR) is 108 cm³/mol. The Balaban J connectivity index is 1.52. The van der Waals surface area contributed by atoms with Crippen molar-refractivity contribution in [3.8, 4) is 17.6 Å². The maximum Gasteiger partial charge on any atom is 0.319 e. The Labute approximate surface area is 164 Å². The molecular formula is C21H24N4O3. The van der Waals surface area contributed by atoms with E-state index < -0.39 is 0 Å². The highest BCUT2D eigenvalue weighted by atomic mass is 16.5. The molecule has 1 aliphatic heterocycles. The fourth-order valence-electron chi connectivity index (χ4n) is 3.29. The molecule has 7 nitrogen and oxygen atoms in total. The molecule has 146 valence electrons. The van der Waals surface area contributed by atoms with E-state index in [9.17, 15) is 4.79 Å². The molecule has 0 aliphatic carbocycles. The van der Waals surface area contributed by atoms with Crippen LogP contribution in [-0.4, -0.2) is 39.9 Å². The molecular weight excluding hydrogens is 356 g/mol. The largest absolute Gasteiger partial charge is 0.497 e. The molecule has 3 rings (SSSR count). The summed E-state index contributed by atoms with van der Waals surface area (Å²) in [6, 6.07) is 14.5. The molecule has 1 saturated heterocycles. The van der Waals surface area contributed by atoms with Crippen molar-refractivity contribution in [2.24, 2.45) is 5.92 Å². The zero-order valence-corrected chi connectivity index (χ0v) is 16.1. The molecule has 2 amide bonds. The maximum atomic E-state index is 12.1. The van der Waals surface area contributed by atoms with Crippen molar-refractivity contribution in [2.75, 3.05) is 44.1 Å². The maximum absolute atomic E-state index is 12.1. The number of hydrogen-bond acceptors (Lipinski definition) is 5. The molecule has 0 radical (unpaired) electrons. The minimum Gasteiger partial charge on any atom is -0.497 e. The molecule has 0 bridgehead atoms. The highest BCUT2D eigenvalue weighted by molar-refractivity contribution is 5.89. The van der Waals surface area contributed by atoms with Crippen molar-refractivity contribution in [3.05, 3.63) is 48.0 Å². The SMILES string of the molecule is COc1cc(OC)cc(N2CCC(CNC(=O)Nc3cccc(C#N)c3)C2)c1. The van der Waals surface area contributed by atoms with Gasteiger partial charge in [-0.1, -0.05) is 6.07 Å². The third-order valence-electron chi connectivity index (χ3n) is 4.79. The molecule has 2 N–H and O–H groups in total. The van der Waals surface area contributed by atoms with Crippen LogP contribution in [-0.2, 0) is 0 Å². The Bertz CT molecular complexity index is 856. The van der Waals surface area contributed by atoms with Gasteiger partial charge in [0, 0.05) is 49.2 Å². The van der Waals surface area contributed by atoms with Crippen LogP contribution in [0.1, 0.15) is 12.0 Å². The van der Waals surface area contributed by atoms with Crippen LogP contribution in [0.2, 0.25) is 0 Å². The normalized spacial score (nSPS) is 15.6. The van der Waals surface area contributed by atoms with Crippen molar-refractivity contribution in [1.29, 1.82) is 5.26 Å². The van der Waals surface area contributed by atoms with Gasteiger partial charge in [0.1, 0.15) is 11.5 Å². The monoisotopic (exact) mass is 380 g/mol. The highest BCUT2D eigenvalue weighted by Crippen LogP contribution is 2.31. The van der Waals surface area contributed by atoms with E-state index >= 15 is 0 Å². The molecule has 28 heavy (non-hydrogen) atoms. The van der Waals surface area contributed by atoms with Gasteiger partial charge in [0.15, 0.2) is 0 Å². The fourth-order valence-corrected chi connectivity index (χ4v) is 3.29. The lowest BCUT2D eigenvalue weighted by Crippen LogP contribution is -2.34. The number of urea groups is 1. The summed E-state index contributed by atoms with van der Waals surface area (Å²) in [4.78, 5) is 14.4. The fraction of sp³-hybridized carbons (Fsp3) is 0.333. The highest BCUT2D eigenvalue weighted by Gasteiger charge is 2.24. The number of amides is 2. The average Bonchev–Trinajstić information content (AvgIpc) is 3.21. The van der Waals surface area contributed by atoms with Crippen LogP contribution >= 0.6 is 0 Å². The Morgan fingerprint density at radius 2 is 1.96 bits per heavy atom. The Hall–Kier alpha value is -3.40. The number of nitrogens with one attached hydrogen (secondary N) is 2. The van der Waals surface area contributed by atoms with Crippen molar-refractivity contribution in [2.45, 2.75) is 6.42 Å². The quantitative estimate of drug-likeness (QED) is 0.804. The van der Waals surface area contributed by atoms with E-state index in [1.54, 1.807) is 38.5 Å². The number of ether oxygens (including phenoxy) is 2. The Morgan fingerprint density at radius 1 is 1.21 bits per heavy atom. The number of nitrogens with zero attached hydrogens (tertiary/aromatic N) is 2. The summed E-state index contributed by atoms with van der Waals surface area (Å²) < 4.78 is 10.7. The lowest BCUT2D eigenvalue weighted by Gasteiger charge is -2.20. The third-order valence-corrected chi connectivity index (χ3v) is 4.79. The van der Waals surface area contributed by atoms with E-state index in [2.05, 4.69) is 21.6 Å². The minimum atomic E-state index is -0.267. The van der Waals surface area contributed by atoms with Gasteiger partial charge in [0.2, 0.25) is 0 Å². The van der Waals surface area contributed by atoms with Crippen LogP contribution in [0.15, 0.2) is 42.5 Å². The van der Waals surface area contributed by atoms with Crippen LogP contribution in [0.25, 0.3) is 0 Å². The zero-order valence-electron chi connectivity index (χ0n) is 16.1. The first-order valence-corrected chi connectivity index (χ1v) is 9.14. The smallest absolute Gasteiger partial charge is 0.319 e. The topological polar surface area (TPSA) is 86.6 Å². The molecule has 1 unspecified atom stereocenters. The number of nitriles is 1. The molecule has 1 heterocycles. The molecule has 2 aromatic carbocycles. The van der Waals surface area contributed by atoms with Crippen LogP contribution < -0.4 is 25.0 Å². The van der Waals surface area contributed by atoms with Crippen molar-refractivity contribution in [3.63, 3.8) is 0 Å².